The second-order valence-corrected chi connectivity index (χ2v) is 9.21. The molecule has 0 aliphatic carbocycles. The molecule has 0 aliphatic heterocycles. The number of fused-ring (bicyclic) bond motifs is 1. The Kier molecular flexibility index (Phi) is 5.52. The van der Waals surface area contributed by atoms with Gasteiger partial charge in [-0.2, -0.15) is 26.3 Å². The quantitative estimate of drug-likeness (QED) is 0.414. The Bertz CT molecular complexity index is 1220. The number of pyridine rings is 2. The van der Waals surface area contributed by atoms with Crippen molar-refractivity contribution in [3.63, 3.8) is 0 Å². The lowest BCUT2D eigenvalue weighted by Gasteiger charge is -2.11. The fourth-order valence-electron chi connectivity index (χ4n) is 2.58. The Hall–Kier alpha value is -2.35. The zero-order chi connectivity index (χ0) is 22.5. The second-order valence-electron chi connectivity index (χ2n) is 5.96. The van der Waals surface area contributed by atoms with Gasteiger partial charge in [0.1, 0.15) is 11.2 Å². The van der Waals surface area contributed by atoms with Crippen molar-refractivity contribution in [1.82, 2.24) is 19.5 Å². The molecule has 0 bridgehead atoms. The van der Waals surface area contributed by atoms with Crippen molar-refractivity contribution in [2.24, 2.45) is 7.05 Å². The van der Waals surface area contributed by atoms with Gasteiger partial charge in [0.15, 0.2) is 11.5 Å². The molecule has 162 valence electrons. The summed E-state index contributed by atoms with van der Waals surface area (Å²) in [6.07, 6.45) is -3.43. The van der Waals surface area contributed by atoms with E-state index in [1.807, 2.05) is 0 Å². The Balaban J connectivity index is 2.19. The van der Waals surface area contributed by atoms with Crippen LogP contribution in [0.4, 0.5) is 26.3 Å². The first-order chi connectivity index (χ1) is 13.8. The van der Waals surface area contributed by atoms with E-state index < -0.39 is 32.0 Å². The molecule has 0 radical (unpaired) electrons. The van der Waals surface area contributed by atoms with E-state index in [0.29, 0.717) is 24.2 Å². The van der Waals surface area contributed by atoms with Crippen LogP contribution in [0.2, 0.25) is 0 Å². The number of sulfone groups is 1. The van der Waals surface area contributed by atoms with Crippen LogP contribution in [0, 0.1) is 0 Å². The topological polar surface area (TPSA) is 77.7 Å². The summed E-state index contributed by atoms with van der Waals surface area (Å²) in [6.45, 7) is 1.72. The van der Waals surface area contributed by atoms with Crippen LogP contribution in [0.5, 0.6) is 0 Å². The molecule has 14 heteroatoms. The minimum Gasteiger partial charge on any atom is -0.310 e. The smallest absolute Gasteiger partial charge is 0.310 e. The van der Waals surface area contributed by atoms with Crippen LogP contribution in [-0.2, 0) is 23.1 Å². The van der Waals surface area contributed by atoms with Crippen molar-refractivity contribution < 1.29 is 34.8 Å². The molecule has 0 N–H and O–H groups in total. The lowest BCUT2D eigenvalue weighted by molar-refractivity contribution is -0.138. The van der Waals surface area contributed by atoms with E-state index in [9.17, 15) is 34.8 Å². The van der Waals surface area contributed by atoms with E-state index in [4.69, 9.17) is 0 Å². The predicted molar refractivity (Wildman–Crippen MR) is 96.4 cm³/mol. The maximum Gasteiger partial charge on any atom is 0.501 e. The Morgan fingerprint density at radius 3 is 2.30 bits per heavy atom. The van der Waals surface area contributed by atoms with Gasteiger partial charge in [-0.3, -0.25) is 4.98 Å². The lowest BCUT2D eigenvalue weighted by Crippen LogP contribution is -2.23. The summed E-state index contributed by atoms with van der Waals surface area (Å²) < 4.78 is 102. The van der Waals surface area contributed by atoms with Crippen molar-refractivity contribution >= 4 is 32.8 Å². The van der Waals surface area contributed by atoms with Gasteiger partial charge in [-0.25, -0.2) is 18.4 Å². The highest BCUT2D eigenvalue weighted by Gasteiger charge is 2.47. The zero-order valence-electron chi connectivity index (χ0n) is 15.2. The first-order valence-corrected chi connectivity index (χ1v) is 10.6. The lowest BCUT2D eigenvalue weighted by atomic mass is 10.2. The minimum atomic E-state index is -5.63. The van der Waals surface area contributed by atoms with Crippen LogP contribution in [0.3, 0.4) is 0 Å². The molecule has 3 aromatic heterocycles. The molecule has 3 aromatic rings. The first-order valence-electron chi connectivity index (χ1n) is 8.11. The molecule has 3 heterocycles. The molecule has 0 fully saturated rings. The Morgan fingerprint density at radius 2 is 1.73 bits per heavy atom. The molecular weight excluding hydrogens is 458 g/mol. The van der Waals surface area contributed by atoms with E-state index in [1.165, 1.54) is 11.6 Å². The van der Waals surface area contributed by atoms with Gasteiger partial charge in [0, 0.05) is 24.3 Å². The summed E-state index contributed by atoms with van der Waals surface area (Å²) in [5.41, 5.74) is -6.54. The van der Waals surface area contributed by atoms with Crippen molar-refractivity contribution in [3.8, 4) is 11.5 Å². The number of aryl methyl sites for hydroxylation is 1. The number of rotatable bonds is 4. The second kappa shape index (κ2) is 7.41. The number of hydrogen-bond acceptors (Lipinski definition) is 6. The Labute approximate surface area is 170 Å². The summed E-state index contributed by atoms with van der Waals surface area (Å²) >= 11 is 1.08. The van der Waals surface area contributed by atoms with Crippen molar-refractivity contribution in [3.05, 3.63) is 30.1 Å². The maximum absolute atomic E-state index is 13.0. The summed E-state index contributed by atoms with van der Waals surface area (Å²) in [4.78, 5) is 10.8. The number of aromatic nitrogens is 4. The third-order valence-electron chi connectivity index (χ3n) is 3.99. The zero-order valence-corrected chi connectivity index (χ0v) is 16.8. The van der Waals surface area contributed by atoms with Gasteiger partial charge in [0.25, 0.3) is 9.84 Å². The molecule has 0 saturated carbocycles. The molecule has 3 rings (SSSR count). The van der Waals surface area contributed by atoms with Crippen molar-refractivity contribution in [1.29, 1.82) is 0 Å². The van der Waals surface area contributed by atoms with Crippen LogP contribution < -0.4 is 0 Å². The SMILES string of the molecule is CCSc1cc(C(F)(F)F)cnc1-c1nc2cc(S(=O)(=O)C(F)(F)F)cnc2n1C. The van der Waals surface area contributed by atoms with Crippen LogP contribution in [-0.4, -0.2) is 39.2 Å². The standard InChI is InChI=1S/C16H12F6N4O2S2/c1-3-29-11-4-8(15(17,18)19)6-23-12(11)14-25-10-5-9(7-24-13(10)26(14)2)30(27,28)16(20,21)22/h4-7H,3H2,1-2H3. The minimum absolute atomic E-state index is 0.0312. The van der Waals surface area contributed by atoms with E-state index in [0.717, 1.165) is 17.8 Å². The predicted octanol–water partition coefficient (Wildman–Crippen LogP) is 4.45. The molecule has 0 atom stereocenters. The number of imidazole rings is 1. The monoisotopic (exact) mass is 470 g/mol. The van der Waals surface area contributed by atoms with E-state index in [1.54, 1.807) is 6.92 Å². The van der Waals surface area contributed by atoms with Crippen molar-refractivity contribution in [2.45, 2.75) is 28.4 Å². The molecule has 0 aliphatic rings. The molecule has 0 saturated heterocycles. The molecular formula is C16H12F6N4O2S2. The largest absolute Gasteiger partial charge is 0.501 e. The number of halogens is 6. The summed E-state index contributed by atoms with van der Waals surface area (Å²) in [5, 5.41) is 0. The number of hydrogen-bond donors (Lipinski definition) is 0. The van der Waals surface area contributed by atoms with Crippen LogP contribution in [0.25, 0.3) is 22.7 Å². The third kappa shape index (κ3) is 3.85. The molecule has 0 aromatic carbocycles. The van der Waals surface area contributed by atoms with Gasteiger partial charge in [0.05, 0.1) is 10.5 Å². The third-order valence-corrected chi connectivity index (χ3v) is 6.35. The summed E-state index contributed by atoms with van der Waals surface area (Å²) in [7, 11) is -4.19. The molecule has 0 unspecified atom stereocenters. The molecule has 6 nitrogen and oxygen atoms in total. The number of thioether (sulfide) groups is 1. The van der Waals surface area contributed by atoms with Gasteiger partial charge < -0.3 is 4.57 Å². The van der Waals surface area contributed by atoms with Gasteiger partial charge in [-0.05, 0) is 17.9 Å². The highest BCUT2D eigenvalue weighted by molar-refractivity contribution is 7.99. The molecule has 0 amide bonds. The highest BCUT2D eigenvalue weighted by Crippen LogP contribution is 2.37. The van der Waals surface area contributed by atoms with E-state index in [2.05, 4.69) is 15.0 Å². The van der Waals surface area contributed by atoms with Gasteiger partial charge in [-0.15, -0.1) is 11.8 Å². The van der Waals surface area contributed by atoms with Crippen LogP contribution >= 0.6 is 11.8 Å². The number of alkyl halides is 6. The van der Waals surface area contributed by atoms with Crippen LogP contribution in [0.15, 0.2) is 34.3 Å². The first kappa shape index (κ1) is 22.3. The fourth-order valence-corrected chi connectivity index (χ4v) is 4.11. The fraction of sp³-hybridized carbons (Fsp3) is 0.312. The van der Waals surface area contributed by atoms with Crippen LogP contribution in [0.1, 0.15) is 12.5 Å². The van der Waals surface area contributed by atoms with Gasteiger partial charge >= 0.3 is 11.7 Å². The van der Waals surface area contributed by atoms with E-state index >= 15 is 0 Å². The summed E-state index contributed by atoms with van der Waals surface area (Å²) in [6, 6.07) is 1.62. The van der Waals surface area contributed by atoms with Gasteiger partial charge in [-0.1, -0.05) is 6.92 Å². The maximum atomic E-state index is 13.0. The molecule has 0 spiro atoms. The van der Waals surface area contributed by atoms with Gasteiger partial charge in [0.2, 0.25) is 0 Å². The van der Waals surface area contributed by atoms with Crippen molar-refractivity contribution in [2.75, 3.05) is 5.75 Å². The average Bonchev–Trinajstić information content (AvgIpc) is 2.96. The highest BCUT2D eigenvalue weighted by atomic mass is 32.2. The normalized spacial score (nSPS) is 13.2. The summed E-state index contributed by atoms with van der Waals surface area (Å²) in [5.74, 6) is 0.454. The average molecular weight is 470 g/mol. The number of nitrogens with zero attached hydrogens (tertiary/aromatic N) is 4. The Morgan fingerprint density at radius 1 is 1.07 bits per heavy atom. The molecule has 30 heavy (non-hydrogen) atoms. The van der Waals surface area contributed by atoms with E-state index in [-0.39, 0.29) is 27.6 Å².